The molecule has 5 rings (SSSR count). The van der Waals surface area contributed by atoms with Crippen LogP contribution in [0.4, 0.5) is 11.6 Å². The fourth-order valence-electron chi connectivity index (χ4n) is 4.47. The first-order valence-electron chi connectivity index (χ1n) is 11.3. The zero-order valence-corrected chi connectivity index (χ0v) is 19.3. The number of hydrogen-bond acceptors (Lipinski definition) is 8. The van der Waals surface area contributed by atoms with Crippen LogP contribution in [-0.2, 0) is 10.2 Å². The van der Waals surface area contributed by atoms with Gasteiger partial charge in [-0.05, 0) is 30.7 Å². The summed E-state index contributed by atoms with van der Waals surface area (Å²) in [6.07, 6.45) is 5.22. The van der Waals surface area contributed by atoms with Crippen LogP contribution in [0.25, 0.3) is 11.3 Å². The predicted octanol–water partition coefficient (Wildman–Crippen LogP) is 2.42. The number of anilines is 2. The van der Waals surface area contributed by atoms with E-state index in [0.717, 1.165) is 28.3 Å². The van der Waals surface area contributed by atoms with Gasteiger partial charge in [-0.2, -0.15) is 0 Å². The molecule has 1 saturated heterocycles. The molecule has 1 spiro atoms. The van der Waals surface area contributed by atoms with Crippen molar-refractivity contribution in [1.29, 1.82) is 0 Å². The average Bonchev–Trinajstić information content (AvgIpc) is 3.20. The minimum Gasteiger partial charge on any atom is -0.494 e. The topological polar surface area (TPSA) is 101 Å². The Kier molecular flexibility index (Phi) is 5.89. The molecule has 1 aromatic carbocycles. The number of aromatic nitrogens is 3. The lowest BCUT2D eigenvalue weighted by atomic mass is 9.80. The van der Waals surface area contributed by atoms with Gasteiger partial charge in [0.15, 0.2) is 0 Å². The molecule has 2 aliphatic heterocycles. The van der Waals surface area contributed by atoms with Crippen molar-refractivity contribution in [3.63, 3.8) is 0 Å². The molecule has 0 aliphatic carbocycles. The van der Waals surface area contributed by atoms with Crippen LogP contribution in [0.15, 0.2) is 48.9 Å². The highest BCUT2D eigenvalue weighted by Gasteiger charge is 2.49. The second kappa shape index (κ2) is 9.00. The number of aliphatic hydroxyl groups is 1. The van der Waals surface area contributed by atoms with Crippen LogP contribution in [0.3, 0.4) is 0 Å². The summed E-state index contributed by atoms with van der Waals surface area (Å²) < 4.78 is 11.1. The zero-order chi connectivity index (χ0) is 23.7. The maximum Gasteiger partial charge on any atom is 0.253 e. The van der Waals surface area contributed by atoms with Gasteiger partial charge < -0.3 is 24.4 Å². The van der Waals surface area contributed by atoms with E-state index in [9.17, 15) is 9.90 Å². The zero-order valence-electron chi connectivity index (χ0n) is 19.3. The van der Waals surface area contributed by atoms with E-state index in [1.165, 1.54) is 4.90 Å². The molecule has 1 fully saturated rings. The summed E-state index contributed by atoms with van der Waals surface area (Å²) in [4.78, 5) is 30.1. The third kappa shape index (κ3) is 3.86. The van der Waals surface area contributed by atoms with E-state index in [1.54, 1.807) is 25.6 Å². The quantitative estimate of drug-likeness (QED) is 0.573. The highest BCUT2D eigenvalue weighted by atomic mass is 16.5. The van der Waals surface area contributed by atoms with Gasteiger partial charge in [-0.3, -0.25) is 9.78 Å². The second-order valence-corrected chi connectivity index (χ2v) is 8.62. The van der Waals surface area contributed by atoms with E-state index in [2.05, 4.69) is 19.9 Å². The maximum atomic E-state index is 12.8. The van der Waals surface area contributed by atoms with Gasteiger partial charge in [0.1, 0.15) is 5.75 Å². The lowest BCUT2D eigenvalue weighted by Crippen LogP contribution is -2.49. The molecule has 4 heterocycles. The molecule has 2 aliphatic rings. The number of benzene rings is 1. The van der Waals surface area contributed by atoms with Crippen molar-refractivity contribution in [2.45, 2.75) is 12.3 Å². The highest BCUT2D eigenvalue weighted by Crippen LogP contribution is 2.47. The Morgan fingerprint density at radius 2 is 2.00 bits per heavy atom. The SMILES string of the molecule is CCOc1ccnc(-c2cnc(N3CC4(COC4)c4ccc(C(=O)N(C)CCO)cc43)nc2)c1. The van der Waals surface area contributed by atoms with Crippen LogP contribution in [0.5, 0.6) is 5.75 Å². The van der Waals surface area contributed by atoms with Crippen LogP contribution in [0.2, 0.25) is 0 Å². The van der Waals surface area contributed by atoms with Gasteiger partial charge in [-0.1, -0.05) is 6.07 Å². The van der Waals surface area contributed by atoms with Gasteiger partial charge >= 0.3 is 0 Å². The third-order valence-electron chi connectivity index (χ3n) is 6.32. The number of carbonyl (C=O) groups excluding carboxylic acids is 1. The summed E-state index contributed by atoms with van der Waals surface area (Å²) in [7, 11) is 1.68. The van der Waals surface area contributed by atoms with E-state index in [4.69, 9.17) is 9.47 Å². The lowest BCUT2D eigenvalue weighted by molar-refractivity contribution is -0.0507. The van der Waals surface area contributed by atoms with Gasteiger partial charge in [0, 0.05) is 61.6 Å². The molecular formula is C25H27N5O4. The Hall–Kier alpha value is -3.56. The Bertz CT molecular complexity index is 1200. The standard InChI is InChI=1S/C25H27N5O4/c1-3-34-19-6-7-26-21(11-19)18-12-27-24(28-13-18)30-14-25(15-33-16-25)20-5-4-17(10-22(20)30)23(32)29(2)8-9-31/h4-7,10-13,31H,3,8-9,14-16H2,1-2H3. The number of ether oxygens (including phenoxy) is 2. The fraction of sp³-hybridized carbons (Fsp3) is 0.360. The van der Waals surface area contributed by atoms with Crippen molar-refractivity contribution >= 4 is 17.5 Å². The molecule has 34 heavy (non-hydrogen) atoms. The van der Waals surface area contributed by atoms with Crippen molar-refractivity contribution in [3.8, 4) is 17.0 Å². The third-order valence-corrected chi connectivity index (χ3v) is 6.32. The summed E-state index contributed by atoms with van der Waals surface area (Å²) in [5.41, 5.74) is 4.02. The van der Waals surface area contributed by atoms with E-state index in [-0.39, 0.29) is 24.5 Å². The molecule has 0 bridgehead atoms. The normalized spacial score (nSPS) is 15.7. The first-order valence-corrected chi connectivity index (χ1v) is 11.3. The van der Waals surface area contributed by atoms with Gasteiger partial charge in [0.25, 0.3) is 5.91 Å². The van der Waals surface area contributed by atoms with Crippen molar-refractivity contribution in [1.82, 2.24) is 19.9 Å². The number of fused-ring (bicyclic) bond motifs is 2. The van der Waals surface area contributed by atoms with E-state index in [1.807, 2.05) is 37.3 Å². The number of aliphatic hydroxyl groups excluding tert-OH is 1. The summed E-state index contributed by atoms with van der Waals surface area (Å²) >= 11 is 0. The van der Waals surface area contributed by atoms with E-state index >= 15 is 0 Å². The van der Waals surface area contributed by atoms with Crippen LogP contribution in [0.1, 0.15) is 22.8 Å². The predicted molar refractivity (Wildman–Crippen MR) is 126 cm³/mol. The number of nitrogens with zero attached hydrogens (tertiary/aromatic N) is 5. The van der Waals surface area contributed by atoms with Crippen molar-refractivity contribution in [3.05, 3.63) is 60.0 Å². The van der Waals surface area contributed by atoms with Crippen molar-refractivity contribution < 1.29 is 19.4 Å². The summed E-state index contributed by atoms with van der Waals surface area (Å²) in [6, 6.07) is 9.44. The van der Waals surface area contributed by atoms with Crippen molar-refractivity contribution in [2.24, 2.45) is 0 Å². The molecule has 1 N–H and O–H groups in total. The first kappa shape index (κ1) is 22.2. The van der Waals surface area contributed by atoms with Gasteiger partial charge in [-0.25, -0.2) is 9.97 Å². The van der Waals surface area contributed by atoms with E-state index in [0.29, 0.717) is 37.9 Å². The second-order valence-electron chi connectivity index (χ2n) is 8.62. The van der Waals surface area contributed by atoms with Crippen LogP contribution in [0, 0.1) is 0 Å². The fourth-order valence-corrected chi connectivity index (χ4v) is 4.47. The molecule has 9 heteroatoms. The molecule has 176 valence electrons. The largest absolute Gasteiger partial charge is 0.494 e. The molecule has 2 aromatic heterocycles. The van der Waals surface area contributed by atoms with Crippen LogP contribution >= 0.6 is 0 Å². The Morgan fingerprint density at radius 1 is 1.21 bits per heavy atom. The number of carbonyl (C=O) groups is 1. The maximum absolute atomic E-state index is 12.8. The average molecular weight is 462 g/mol. The minimum absolute atomic E-state index is 0.0811. The van der Waals surface area contributed by atoms with Gasteiger partial charge in [-0.15, -0.1) is 0 Å². The Balaban J connectivity index is 1.46. The molecule has 3 aromatic rings. The summed E-state index contributed by atoms with van der Waals surface area (Å²) in [5.74, 6) is 1.17. The van der Waals surface area contributed by atoms with Crippen LogP contribution < -0.4 is 9.64 Å². The lowest BCUT2D eigenvalue weighted by Gasteiger charge is -2.38. The first-order chi connectivity index (χ1) is 16.5. The number of amides is 1. The smallest absolute Gasteiger partial charge is 0.253 e. The number of hydrogen-bond donors (Lipinski definition) is 1. The molecular weight excluding hydrogens is 434 g/mol. The molecule has 1 amide bonds. The van der Waals surface area contributed by atoms with Crippen LogP contribution in [-0.4, -0.2) is 77.4 Å². The van der Waals surface area contributed by atoms with Crippen molar-refractivity contribution in [2.75, 3.05) is 51.5 Å². The Labute approximate surface area is 198 Å². The van der Waals surface area contributed by atoms with E-state index < -0.39 is 0 Å². The minimum atomic E-state index is -0.140. The molecule has 0 saturated carbocycles. The van der Waals surface area contributed by atoms with Gasteiger partial charge in [0.05, 0.1) is 37.5 Å². The monoisotopic (exact) mass is 461 g/mol. The number of likely N-dealkylation sites (N-methyl/N-ethyl adjacent to an activating group) is 1. The molecule has 0 radical (unpaired) electrons. The summed E-state index contributed by atoms with van der Waals surface area (Å²) in [5, 5.41) is 9.19. The number of pyridine rings is 1. The molecule has 0 unspecified atom stereocenters. The van der Waals surface area contributed by atoms with Gasteiger partial charge in [0.2, 0.25) is 5.95 Å². The Morgan fingerprint density at radius 3 is 2.68 bits per heavy atom. The molecule has 0 atom stereocenters. The highest BCUT2D eigenvalue weighted by molar-refractivity contribution is 5.96. The number of rotatable bonds is 7. The molecule has 9 nitrogen and oxygen atoms in total. The summed E-state index contributed by atoms with van der Waals surface area (Å²) in [6.45, 7) is 4.65.